The summed E-state index contributed by atoms with van der Waals surface area (Å²) >= 11 is 0. The maximum Gasteiger partial charge on any atom is 0.307 e. The van der Waals surface area contributed by atoms with E-state index in [1.165, 1.54) is 12.8 Å². The minimum Gasteiger partial charge on any atom is -0.481 e. The van der Waals surface area contributed by atoms with Crippen LogP contribution in [0.4, 0.5) is 0 Å². The van der Waals surface area contributed by atoms with Crippen LogP contribution in [0.2, 0.25) is 0 Å². The maximum atomic E-state index is 10.7. The van der Waals surface area contributed by atoms with Crippen molar-refractivity contribution in [3.63, 3.8) is 0 Å². The molecule has 1 N–H and O–H groups in total. The van der Waals surface area contributed by atoms with Gasteiger partial charge in [-0.2, -0.15) is 0 Å². The summed E-state index contributed by atoms with van der Waals surface area (Å²) in [6.07, 6.45) is 2.46. The highest BCUT2D eigenvalue weighted by molar-refractivity contribution is 5.73. The minimum absolute atomic E-state index is 0.0648. The van der Waals surface area contributed by atoms with Crippen molar-refractivity contribution >= 4 is 5.97 Å². The van der Waals surface area contributed by atoms with Gasteiger partial charge in [0.1, 0.15) is 0 Å². The molecule has 0 heterocycles. The molecule has 0 aliphatic heterocycles. The van der Waals surface area contributed by atoms with Crippen molar-refractivity contribution in [3.8, 4) is 0 Å². The molecule has 2 nitrogen and oxygen atoms in total. The van der Waals surface area contributed by atoms with Gasteiger partial charge in [-0.3, -0.25) is 4.79 Å². The molecule has 0 saturated heterocycles. The zero-order valence-corrected chi connectivity index (χ0v) is 5.66. The third-order valence-electron chi connectivity index (χ3n) is 3.76. The first-order chi connectivity index (χ1) is 4.79. The Morgan fingerprint density at radius 1 is 1.30 bits per heavy atom. The first kappa shape index (κ1) is 5.16. The molecule has 4 aliphatic rings. The number of carbonyl (C=O) groups is 1. The Kier molecular flexibility index (Phi) is 0.644. The van der Waals surface area contributed by atoms with Crippen molar-refractivity contribution in [2.45, 2.75) is 12.8 Å². The van der Waals surface area contributed by atoms with Gasteiger partial charge in [0.05, 0.1) is 5.92 Å². The lowest BCUT2D eigenvalue weighted by Crippen LogP contribution is -2.16. The largest absolute Gasteiger partial charge is 0.481 e. The van der Waals surface area contributed by atoms with Gasteiger partial charge < -0.3 is 5.11 Å². The predicted molar refractivity (Wildman–Crippen MR) is 34.3 cm³/mol. The first-order valence-electron chi connectivity index (χ1n) is 4.02. The molecule has 4 fully saturated rings. The van der Waals surface area contributed by atoms with Crippen molar-refractivity contribution in [2.75, 3.05) is 0 Å². The molecule has 3 unspecified atom stereocenters. The van der Waals surface area contributed by atoms with E-state index >= 15 is 0 Å². The Morgan fingerprint density at radius 3 is 2.10 bits per heavy atom. The van der Waals surface area contributed by atoms with Crippen LogP contribution >= 0.6 is 0 Å². The van der Waals surface area contributed by atoms with Crippen LogP contribution < -0.4 is 0 Å². The van der Waals surface area contributed by atoms with Gasteiger partial charge in [-0.15, -0.1) is 0 Å². The van der Waals surface area contributed by atoms with E-state index in [-0.39, 0.29) is 5.92 Å². The molecule has 5 atom stereocenters. The molecule has 0 amide bonds. The Morgan fingerprint density at radius 2 is 1.90 bits per heavy atom. The van der Waals surface area contributed by atoms with Crippen molar-refractivity contribution in [3.05, 3.63) is 0 Å². The fourth-order valence-electron chi connectivity index (χ4n) is 3.44. The molecular weight excluding hydrogens is 128 g/mol. The molecule has 0 aromatic rings. The molecule has 54 valence electrons. The highest BCUT2D eigenvalue weighted by atomic mass is 16.4. The standard InChI is InChI=1S/C8H10O2/c9-8(10)6-3-1-4-5(2-3)7(4)6/h3-7H,1-2H2,(H,9,10)/t3?,4-,5?,6-,7?/m1/s1. The SMILES string of the molecule is O=C(O)[C@@H]1C2CC3C1[C@@H]3C2. The Bertz CT molecular complexity index is 197. The zero-order valence-electron chi connectivity index (χ0n) is 5.66. The third kappa shape index (κ3) is 0.360. The topological polar surface area (TPSA) is 37.3 Å². The molecular formula is C8H10O2. The lowest BCUT2D eigenvalue weighted by molar-refractivity contribution is -0.143. The Labute approximate surface area is 59.2 Å². The van der Waals surface area contributed by atoms with Crippen LogP contribution in [0, 0.1) is 29.6 Å². The average Bonchev–Trinajstić information content (AvgIpc) is 2.38. The van der Waals surface area contributed by atoms with Gasteiger partial charge >= 0.3 is 5.97 Å². The summed E-state index contributed by atoms with van der Waals surface area (Å²) < 4.78 is 0. The highest BCUT2D eigenvalue weighted by Crippen LogP contribution is 2.73. The minimum atomic E-state index is -0.530. The lowest BCUT2D eigenvalue weighted by atomic mass is 9.99. The van der Waals surface area contributed by atoms with Crippen LogP contribution in [0.15, 0.2) is 0 Å². The Balaban J connectivity index is 1.97. The number of hydrogen-bond donors (Lipinski definition) is 1. The van der Waals surface area contributed by atoms with Crippen LogP contribution in [0.5, 0.6) is 0 Å². The molecule has 4 bridgehead atoms. The number of carboxylic acid groups (broad SMARTS) is 1. The molecule has 0 aromatic carbocycles. The van der Waals surface area contributed by atoms with Gasteiger partial charge in [0.25, 0.3) is 0 Å². The summed E-state index contributed by atoms with van der Waals surface area (Å²) in [7, 11) is 0. The molecule has 4 saturated carbocycles. The summed E-state index contributed by atoms with van der Waals surface area (Å²) in [4.78, 5) is 10.7. The van der Waals surface area contributed by atoms with Gasteiger partial charge in [-0.25, -0.2) is 0 Å². The van der Waals surface area contributed by atoms with Crippen molar-refractivity contribution < 1.29 is 9.90 Å². The summed E-state index contributed by atoms with van der Waals surface area (Å²) in [6.45, 7) is 0. The van der Waals surface area contributed by atoms with Crippen LogP contribution in [0.1, 0.15) is 12.8 Å². The average molecular weight is 138 g/mol. The van der Waals surface area contributed by atoms with Gasteiger partial charge in [0, 0.05) is 0 Å². The molecule has 4 aliphatic carbocycles. The number of rotatable bonds is 1. The van der Waals surface area contributed by atoms with Gasteiger partial charge in [-0.1, -0.05) is 0 Å². The van der Waals surface area contributed by atoms with Gasteiger partial charge in [0.15, 0.2) is 0 Å². The van der Waals surface area contributed by atoms with Crippen molar-refractivity contribution in [2.24, 2.45) is 29.6 Å². The fraction of sp³-hybridized carbons (Fsp3) is 0.875. The van der Waals surface area contributed by atoms with Crippen molar-refractivity contribution in [1.29, 1.82) is 0 Å². The molecule has 2 heteroatoms. The smallest absolute Gasteiger partial charge is 0.307 e. The number of carboxylic acids is 1. The van der Waals surface area contributed by atoms with Gasteiger partial charge in [-0.05, 0) is 36.5 Å². The monoisotopic (exact) mass is 138 g/mol. The molecule has 0 radical (unpaired) electrons. The normalized spacial score (nSPS) is 61.0. The van der Waals surface area contributed by atoms with Crippen LogP contribution in [-0.4, -0.2) is 11.1 Å². The van der Waals surface area contributed by atoms with E-state index in [4.69, 9.17) is 5.11 Å². The summed E-state index contributed by atoms with van der Waals surface area (Å²) in [6, 6.07) is 0. The third-order valence-corrected chi connectivity index (χ3v) is 3.76. The fourth-order valence-corrected chi connectivity index (χ4v) is 3.44. The maximum absolute atomic E-state index is 10.7. The second-order valence-electron chi connectivity index (χ2n) is 4.00. The molecule has 0 spiro atoms. The van der Waals surface area contributed by atoms with E-state index in [0.29, 0.717) is 11.8 Å². The van der Waals surface area contributed by atoms with Crippen LogP contribution in [0.25, 0.3) is 0 Å². The summed E-state index contributed by atoms with van der Waals surface area (Å²) in [5.74, 6) is 2.39. The zero-order chi connectivity index (χ0) is 6.88. The van der Waals surface area contributed by atoms with E-state index < -0.39 is 5.97 Å². The second-order valence-corrected chi connectivity index (χ2v) is 4.00. The van der Waals surface area contributed by atoms with Crippen molar-refractivity contribution in [1.82, 2.24) is 0 Å². The summed E-state index contributed by atoms with van der Waals surface area (Å²) in [5, 5.41) is 8.81. The highest BCUT2D eigenvalue weighted by Gasteiger charge is 2.70. The quantitative estimate of drug-likeness (QED) is 0.586. The predicted octanol–water partition coefficient (Wildman–Crippen LogP) is 0.973. The second kappa shape index (κ2) is 1.25. The van der Waals surface area contributed by atoms with E-state index in [0.717, 1.165) is 11.8 Å². The molecule has 0 aromatic heterocycles. The lowest BCUT2D eigenvalue weighted by Gasteiger charge is -2.06. The van der Waals surface area contributed by atoms with E-state index in [1.54, 1.807) is 0 Å². The van der Waals surface area contributed by atoms with Gasteiger partial charge in [0.2, 0.25) is 0 Å². The van der Waals surface area contributed by atoms with E-state index in [2.05, 4.69) is 0 Å². The van der Waals surface area contributed by atoms with Crippen LogP contribution in [-0.2, 0) is 4.79 Å². The van der Waals surface area contributed by atoms with E-state index in [1.807, 2.05) is 0 Å². The molecule has 4 rings (SSSR count). The first-order valence-corrected chi connectivity index (χ1v) is 4.02. The molecule has 10 heavy (non-hydrogen) atoms. The number of hydrogen-bond acceptors (Lipinski definition) is 1. The van der Waals surface area contributed by atoms with E-state index in [9.17, 15) is 4.79 Å². The van der Waals surface area contributed by atoms with Crippen LogP contribution in [0.3, 0.4) is 0 Å². The Hall–Kier alpha value is -0.530. The summed E-state index contributed by atoms with van der Waals surface area (Å²) in [5.41, 5.74) is 0. The number of aliphatic carboxylic acids is 1.